The molecule has 4 aromatic rings. The third kappa shape index (κ3) is 5.44. The Bertz CT molecular complexity index is 1470. The summed E-state index contributed by atoms with van der Waals surface area (Å²) in [6, 6.07) is 11.9. The number of aromatic nitrogens is 5. The van der Waals surface area contributed by atoms with Crippen molar-refractivity contribution >= 4 is 17.0 Å². The van der Waals surface area contributed by atoms with E-state index in [2.05, 4.69) is 35.0 Å². The van der Waals surface area contributed by atoms with E-state index in [4.69, 9.17) is 0 Å². The Labute approximate surface area is 229 Å². The van der Waals surface area contributed by atoms with Crippen molar-refractivity contribution in [3.8, 4) is 17.3 Å². The van der Waals surface area contributed by atoms with E-state index in [1.54, 1.807) is 6.20 Å². The number of fused-ring (bicyclic) bond motifs is 1. The first-order valence-corrected chi connectivity index (χ1v) is 13.9. The Morgan fingerprint density at radius 1 is 1.13 bits per heavy atom. The number of hydrogen-bond donors (Lipinski definition) is 1. The van der Waals surface area contributed by atoms with Crippen molar-refractivity contribution < 1.29 is 9.90 Å². The lowest BCUT2D eigenvalue weighted by Crippen LogP contribution is -2.22. The maximum atomic E-state index is 12.5. The van der Waals surface area contributed by atoms with Crippen LogP contribution in [0.1, 0.15) is 82.0 Å². The summed E-state index contributed by atoms with van der Waals surface area (Å²) >= 11 is 0. The van der Waals surface area contributed by atoms with Crippen LogP contribution in [0.3, 0.4) is 0 Å². The quantitative estimate of drug-likeness (QED) is 0.251. The van der Waals surface area contributed by atoms with Crippen LogP contribution in [0, 0.1) is 23.2 Å². The van der Waals surface area contributed by atoms with Gasteiger partial charge in [-0.15, -0.1) is 0 Å². The summed E-state index contributed by atoms with van der Waals surface area (Å²) in [5, 5.41) is 25.1. The molecule has 1 fully saturated rings. The van der Waals surface area contributed by atoms with E-state index in [9.17, 15) is 15.2 Å². The average molecular weight is 525 g/mol. The summed E-state index contributed by atoms with van der Waals surface area (Å²) in [5.41, 5.74) is 4.29. The number of rotatable bonds is 10. The lowest BCUT2D eigenvalue weighted by molar-refractivity contribution is -0.139. The second-order valence-corrected chi connectivity index (χ2v) is 11.3. The first kappa shape index (κ1) is 26.6. The highest BCUT2D eigenvalue weighted by Gasteiger charge is 2.30. The highest BCUT2D eigenvalue weighted by Crippen LogP contribution is 2.37. The van der Waals surface area contributed by atoms with Gasteiger partial charge in [-0.3, -0.25) is 9.48 Å². The predicted molar refractivity (Wildman–Crippen MR) is 150 cm³/mol. The molecule has 2 unspecified atom stereocenters. The van der Waals surface area contributed by atoms with Crippen molar-refractivity contribution in [2.24, 2.45) is 11.8 Å². The van der Waals surface area contributed by atoms with Gasteiger partial charge in [-0.25, -0.2) is 9.97 Å². The van der Waals surface area contributed by atoms with E-state index in [1.807, 2.05) is 58.9 Å². The topological polar surface area (TPSA) is 110 Å². The Morgan fingerprint density at radius 3 is 2.54 bits per heavy atom. The molecule has 3 atom stereocenters. The van der Waals surface area contributed by atoms with Gasteiger partial charge in [0, 0.05) is 29.4 Å². The largest absolute Gasteiger partial charge is 0.481 e. The molecule has 1 saturated carbocycles. The smallest absolute Gasteiger partial charge is 0.313 e. The standard InChI is InChI=1S/C31H36N6O2/c1-20(2)16-22-8-10-24(11-9-22)28(31(38)39)21(3)36-15-13-26-29(33-19-34-30(26)36)25-17-35-37(18-25)27(12-14-32)23-6-4-5-7-23/h8-11,13,15,17-21,23,27-28H,4-7,12,16H2,1-3H3,(H,38,39)/t21?,27-,28?/m1/s1. The van der Waals surface area contributed by atoms with Gasteiger partial charge >= 0.3 is 5.97 Å². The fourth-order valence-electron chi connectivity index (χ4n) is 6.20. The van der Waals surface area contributed by atoms with Crippen LogP contribution in [0.5, 0.6) is 0 Å². The second kappa shape index (κ2) is 11.4. The van der Waals surface area contributed by atoms with Gasteiger partial charge in [0.25, 0.3) is 0 Å². The number of nitrogens with zero attached hydrogens (tertiary/aromatic N) is 6. The summed E-state index contributed by atoms with van der Waals surface area (Å²) in [6.07, 6.45) is 13.3. The molecule has 1 aliphatic rings. The van der Waals surface area contributed by atoms with Gasteiger partial charge in [-0.2, -0.15) is 10.4 Å². The molecule has 0 bridgehead atoms. The van der Waals surface area contributed by atoms with Gasteiger partial charge in [0.1, 0.15) is 17.9 Å². The van der Waals surface area contributed by atoms with Crippen molar-refractivity contribution in [3.05, 3.63) is 66.4 Å². The zero-order chi connectivity index (χ0) is 27.5. The van der Waals surface area contributed by atoms with Gasteiger partial charge in [-0.05, 0) is 55.2 Å². The van der Waals surface area contributed by atoms with Gasteiger partial charge in [-0.1, -0.05) is 51.0 Å². The summed E-state index contributed by atoms with van der Waals surface area (Å²) in [4.78, 5) is 21.6. The maximum absolute atomic E-state index is 12.5. The predicted octanol–water partition coefficient (Wildman–Crippen LogP) is 6.57. The average Bonchev–Trinajstić information content (AvgIpc) is 3.69. The Kier molecular flexibility index (Phi) is 7.78. The fourth-order valence-corrected chi connectivity index (χ4v) is 6.20. The van der Waals surface area contributed by atoms with Crippen molar-refractivity contribution in [1.82, 2.24) is 24.3 Å². The van der Waals surface area contributed by atoms with Crippen LogP contribution in [-0.2, 0) is 11.2 Å². The van der Waals surface area contributed by atoms with Crippen LogP contribution in [0.2, 0.25) is 0 Å². The molecule has 3 heterocycles. The number of aliphatic carboxylic acids is 1. The lowest BCUT2D eigenvalue weighted by atomic mass is 9.90. The van der Waals surface area contributed by atoms with Crippen molar-refractivity contribution in [3.63, 3.8) is 0 Å². The molecule has 1 aromatic carbocycles. The third-order valence-corrected chi connectivity index (χ3v) is 8.14. The molecular formula is C31H36N6O2. The monoisotopic (exact) mass is 524 g/mol. The Hall–Kier alpha value is -3.99. The zero-order valence-electron chi connectivity index (χ0n) is 22.9. The van der Waals surface area contributed by atoms with Crippen molar-refractivity contribution in [1.29, 1.82) is 5.26 Å². The normalized spacial score (nSPS) is 16.4. The van der Waals surface area contributed by atoms with Gasteiger partial charge in [0.15, 0.2) is 0 Å². The number of hydrogen-bond acceptors (Lipinski definition) is 5. The minimum absolute atomic E-state index is 0.0662. The first-order chi connectivity index (χ1) is 18.9. The van der Waals surface area contributed by atoms with E-state index >= 15 is 0 Å². The Balaban J connectivity index is 1.46. The minimum atomic E-state index is -0.869. The molecule has 3 aromatic heterocycles. The number of nitriles is 1. The minimum Gasteiger partial charge on any atom is -0.481 e. The number of carbonyl (C=O) groups is 1. The molecule has 0 radical (unpaired) electrons. The molecule has 0 aliphatic heterocycles. The zero-order valence-corrected chi connectivity index (χ0v) is 22.9. The van der Waals surface area contributed by atoms with Crippen molar-refractivity contribution in [2.75, 3.05) is 0 Å². The van der Waals surface area contributed by atoms with E-state index in [1.165, 1.54) is 24.7 Å². The summed E-state index contributed by atoms with van der Waals surface area (Å²) in [7, 11) is 0. The van der Waals surface area contributed by atoms with Crippen LogP contribution in [-0.4, -0.2) is 35.4 Å². The first-order valence-electron chi connectivity index (χ1n) is 13.9. The molecule has 0 amide bonds. The molecule has 8 heteroatoms. The molecule has 1 N–H and O–H groups in total. The van der Waals surface area contributed by atoms with Crippen molar-refractivity contribution in [2.45, 2.75) is 77.3 Å². The number of benzene rings is 1. The molecule has 8 nitrogen and oxygen atoms in total. The van der Waals surface area contributed by atoms with Crippen LogP contribution >= 0.6 is 0 Å². The van der Waals surface area contributed by atoms with Gasteiger partial charge in [0.2, 0.25) is 0 Å². The van der Waals surface area contributed by atoms with E-state index in [0.717, 1.165) is 41.5 Å². The van der Waals surface area contributed by atoms with Crippen LogP contribution in [0.15, 0.2) is 55.2 Å². The van der Waals surface area contributed by atoms with E-state index in [0.29, 0.717) is 23.9 Å². The highest BCUT2D eigenvalue weighted by molar-refractivity contribution is 5.91. The van der Waals surface area contributed by atoms with Gasteiger partial charge in [0.05, 0.1) is 30.4 Å². The summed E-state index contributed by atoms with van der Waals surface area (Å²) in [5.74, 6) is -0.589. The molecule has 5 rings (SSSR count). The molecule has 1 aliphatic carbocycles. The van der Waals surface area contributed by atoms with Gasteiger partial charge < -0.3 is 9.67 Å². The maximum Gasteiger partial charge on any atom is 0.313 e. The fraction of sp³-hybridized carbons (Fsp3) is 0.452. The lowest BCUT2D eigenvalue weighted by Gasteiger charge is -2.23. The summed E-state index contributed by atoms with van der Waals surface area (Å²) in [6.45, 7) is 6.28. The molecule has 0 saturated heterocycles. The van der Waals surface area contributed by atoms with Crippen LogP contribution in [0.4, 0.5) is 0 Å². The number of carboxylic acids is 1. The summed E-state index contributed by atoms with van der Waals surface area (Å²) < 4.78 is 3.87. The van der Waals surface area contributed by atoms with E-state index < -0.39 is 11.9 Å². The van der Waals surface area contributed by atoms with E-state index in [-0.39, 0.29) is 12.1 Å². The highest BCUT2D eigenvalue weighted by atomic mass is 16.4. The van der Waals surface area contributed by atoms with Crippen LogP contribution < -0.4 is 0 Å². The third-order valence-electron chi connectivity index (χ3n) is 8.14. The molecule has 0 spiro atoms. The Morgan fingerprint density at radius 2 is 1.87 bits per heavy atom. The van der Waals surface area contributed by atoms with Crippen LogP contribution in [0.25, 0.3) is 22.3 Å². The number of carboxylic acid groups (broad SMARTS) is 1. The second-order valence-electron chi connectivity index (χ2n) is 11.3. The molecule has 39 heavy (non-hydrogen) atoms. The SMILES string of the molecule is CC(C)Cc1ccc(C(C(=O)O)C(C)n2ccc3c(-c4cnn([C@H](CC#N)C5CCCC5)c4)ncnc32)cc1. The molecule has 202 valence electrons. The molecular weight excluding hydrogens is 488 g/mol.